The van der Waals surface area contributed by atoms with Crippen molar-refractivity contribution in [2.45, 2.75) is 0 Å². The maximum Gasteiger partial charge on any atom is 0.184 e. The second-order valence-electron chi connectivity index (χ2n) is 2.10. The fourth-order valence-corrected chi connectivity index (χ4v) is 1.71. The van der Waals surface area contributed by atoms with Gasteiger partial charge in [-0.2, -0.15) is 4.39 Å². The Morgan fingerprint density at radius 3 is 2.80 bits per heavy atom. The van der Waals surface area contributed by atoms with Crippen molar-refractivity contribution in [3.05, 3.63) is 34.8 Å². The Hall–Kier alpha value is -0.890. The lowest BCUT2D eigenvalue weighted by atomic mass is 10.2. The van der Waals surface area contributed by atoms with Gasteiger partial charge in [0.1, 0.15) is 0 Å². The second kappa shape index (κ2) is 2.06. The number of halogens is 1. The average Bonchev–Trinajstić information content (AvgIpc) is 2.34. The van der Waals surface area contributed by atoms with Gasteiger partial charge < -0.3 is 0 Å². The number of rotatable bonds is 0. The minimum absolute atomic E-state index is 0.0874. The SMILES string of the molecule is Fc1scc2ccccc12. The molecule has 0 atom stereocenters. The molecule has 0 aliphatic rings. The third-order valence-corrected chi connectivity index (χ3v) is 2.26. The third-order valence-electron chi connectivity index (χ3n) is 1.46. The van der Waals surface area contributed by atoms with E-state index in [4.69, 9.17) is 0 Å². The fraction of sp³-hybridized carbons (Fsp3) is 0. The van der Waals surface area contributed by atoms with E-state index in [0.717, 1.165) is 22.1 Å². The topological polar surface area (TPSA) is 0 Å². The molecule has 0 N–H and O–H groups in total. The molecular weight excluding hydrogens is 147 g/mol. The standard InChI is InChI=1S/C8H5FS/c9-8-7-4-2-1-3-6(7)5-10-8/h1-5H. The first kappa shape index (κ1) is 5.86. The summed E-state index contributed by atoms with van der Waals surface area (Å²) >= 11 is 1.15. The van der Waals surface area contributed by atoms with Gasteiger partial charge in [-0.3, -0.25) is 0 Å². The first-order chi connectivity index (χ1) is 4.88. The molecule has 0 fully saturated rings. The van der Waals surface area contributed by atoms with E-state index >= 15 is 0 Å². The Kier molecular flexibility index (Phi) is 1.21. The molecule has 2 heteroatoms. The third kappa shape index (κ3) is 0.727. The van der Waals surface area contributed by atoms with Crippen LogP contribution < -0.4 is 0 Å². The van der Waals surface area contributed by atoms with Crippen LogP contribution >= 0.6 is 11.3 Å². The summed E-state index contributed by atoms with van der Waals surface area (Å²) in [7, 11) is 0. The zero-order valence-electron chi connectivity index (χ0n) is 5.17. The lowest BCUT2D eigenvalue weighted by Crippen LogP contribution is -1.63. The maximum atomic E-state index is 12.8. The largest absolute Gasteiger partial charge is 0.194 e. The zero-order valence-corrected chi connectivity index (χ0v) is 5.99. The first-order valence-corrected chi connectivity index (χ1v) is 3.87. The van der Waals surface area contributed by atoms with Crippen molar-refractivity contribution in [2.75, 3.05) is 0 Å². The summed E-state index contributed by atoms with van der Waals surface area (Å²) in [5.41, 5.74) is 0. The van der Waals surface area contributed by atoms with E-state index in [-0.39, 0.29) is 5.13 Å². The molecule has 0 saturated carbocycles. The summed E-state index contributed by atoms with van der Waals surface area (Å²) < 4.78 is 12.8. The van der Waals surface area contributed by atoms with Crippen molar-refractivity contribution >= 4 is 22.1 Å². The molecule has 0 radical (unpaired) electrons. The fourth-order valence-electron chi connectivity index (χ4n) is 0.957. The van der Waals surface area contributed by atoms with E-state index < -0.39 is 0 Å². The van der Waals surface area contributed by atoms with E-state index in [1.54, 1.807) is 6.07 Å². The van der Waals surface area contributed by atoms with Crippen molar-refractivity contribution in [1.29, 1.82) is 0 Å². The van der Waals surface area contributed by atoms with Crippen LogP contribution in [0.4, 0.5) is 4.39 Å². The van der Waals surface area contributed by atoms with Crippen LogP contribution in [0.25, 0.3) is 10.8 Å². The molecule has 2 rings (SSSR count). The van der Waals surface area contributed by atoms with E-state index in [9.17, 15) is 4.39 Å². The predicted molar refractivity (Wildman–Crippen MR) is 41.8 cm³/mol. The molecule has 0 aliphatic carbocycles. The molecule has 10 heavy (non-hydrogen) atoms. The highest BCUT2D eigenvalue weighted by molar-refractivity contribution is 7.09. The van der Waals surface area contributed by atoms with Crippen LogP contribution in [0, 0.1) is 5.13 Å². The molecule has 0 unspecified atom stereocenters. The summed E-state index contributed by atoms with van der Waals surface area (Å²) in [5.74, 6) is 0. The first-order valence-electron chi connectivity index (χ1n) is 2.99. The highest BCUT2D eigenvalue weighted by atomic mass is 32.1. The molecule has 0 amide bonds. The molecule has 1 heterocycles. The van der Waals surface area contributed by atoms with Gasteiger partial charge in [-0.25, -0.2) is 0 Å². The lowest BCUT2D eigenvalue weighted by molar-refractivity contribution is 0.668. The summed E-state index contributed by atoms with van der Waals surface area (Å²) in [6.07, 6.45) is 0. The van der Waals surface area contributed by atoms with Gasteiger partial charge in [-0.05, 0) is 5.39 Å². The van der Waals surface area contributed by atoms with E-state index in [1.165, 1.54) is 0 Å². The minimum Gasteiger partial charge on any atom is -0.194 e. The number of benzene rings is 1. The Labute approximate surface area is 61.9 Å². The van der Waals surface area contributed by atoms with Crippen molar-refractivity contribution in [1.82, 2.24) is 0 Å². The Balaban J connectivity index is 2.93. The summed E-state index contributed by atoms with van der Waals surface area (Å²) in [4.78, 5) is 0. The van der Waals surface area contributed by atoms with Crippen molar-refractivity contribution in [2.24, 2.45) is 0 Å². The number of thiophene rings is 1. The number of fused-ring (bicyclic) bond motifs is 1. The summed E-state index contributed by atoms with van der Waals surface area (Å²) in [6, 6.07) is 7.46. The summed E-state index contributed by atoms with van der Waals surface area (Å²) in [6.45, 7) is 0. The smallest absolute Gasteiger partial charge is 0.184 e. The maximum absolute atomic E-state index is 12.8. The van der Waals surface area contributed by atoms with Gasteiger partial charge in [0.05, 0.1) is 0 Å². The zero-order chi connectivity index (χ0) is 6.97. The van der Waals surface area contributed by atoms with E-state index in [0.29, 0.717) is 0 Å². The molecule has 0 aliphatic heterocycles. The van der Waals surface area contributed by atoms with Gasteiger partial charge in [0.25, 0.3) is 0 Å². The van der Waals surface area contributed by atoms with Gasteiger partial charge in [-0.15, -0.1) is 11.3 Å². The van der Waals surface area contributed by atoms with E-state index in [1.807, 2.05) is 23.6 Å². The molecule has 1 aromatic heterocycles. The van der Waals surface area contributed by atoms with Crippen LogP contribution in [0.1, 0.15) is 0 Å². The van der Waals surface area contributed by atoms with Crippen molar-refractivity contribution in [3.8, 4) is 0 Å². The van der Waals surface area contributed by atoms with Gasteiger partial charge in [-0.1, -0.05) is 24.3 Å². The van der Waals surface area contributed by atoms with E-state index in [2.05, 4.69) is 0 Å². The molecule has 0 bridgehead atoms. The average molecular weight is 152 g/mol. The minimum atomic E-state index is -0.0874. The Morgan fingerprint density at radius 1 is 1.20 bits per heavy atom. The second-order valence-corrected chi connectivity index (χ2v) is 2.93. The normalized spacial score (nSPS) is 10.5. The predicted octanol–water partition coefficient (Wildman–Crippen LogP) is 3.04. The molecular formula is C8H5FS. The van der Waals surface area contributed by atoms with Gasteiger partial charge in [0.2, 0.25) is 0 Å². The van der Waals surface area contributed by atoms with Gasteiger partial charge in [0, 0.05) is 10.8 Å². The van der Waals surface area contributed by atoms with Crippen LogP contribution in [0.5, 0.6) is 0 Å². The summed E-state index contributed by atoms with van der Waals surface area (Å²) in [5, 5.41) is 3.46. The highest BCUT2D eigenvalue weighted by Gasteiger charge is 1.99. The molecule has 1 aromatic carbocycles. The quantitative estimate of drug-likeness (QED) is 0.544. The number of hydrogen-bond donors (Lipinski definition) is 0. The number of hydrogen-bond acceptors (Lipinski definition) is 1. The molecule has 0 nitrogen and oxygen atoms in total. The van der Waals surface area contributed by atoms with Crippen LogP contribution in [0.15, 0.2) is 29.6 Å². The van der Waals surface area contributed by atoms with Gasteiger partial charge in [0.15, 0.2) is 5.13 Å². The lowest BCUT2D eigenvalue weighted by Gasteiger charge is -1.84. The molecule has 0 spiro atoms. The van der Waals surface area contributed by atoms with Crippen LogP contribution in [0.3, 0.4) is 0 Å². The molecule has 50 valence electrons. The van der Waals surface area contributed by atoms with Crippen LogP contribution in [-0.2, 0) is 0 Å². The molecule has 2 aromatic rings. The van der Waals surface area contributed by atoms with Gasteiger partial charge >= 0.3 is 0 Å². The Bertz CT molecular complexity index is 351. The monoisotopic (exact) mass is 152 g/mol. The molecule has 0 saturated heterocycles. The van der Waals surface area contributed by atoms with Crippen molar-refractivity contribution in [3.63, 3.8) is 0 Å². The van der Waals surface area contributed by atoms with Crippen LogP contribution in [-0.4, -0.2) is 0 Å². The van der Waals surface area contributed by atoms with Crippen LogP contribution in [0.2, 0.25) is 0 Å². The van der Waals surface area contributed by atoms with Crippen molar-refractivity contribution < 1.29 is 4.39 Å². The highest BCUT2D eigenvalue weighted by Crippen LogP contribution is 2.22. The Morgan fingerprint density at radius 2 is 2.00 bits per heavy atom.